The lowest BCUT2D eigenvalue weighted by Gasteiger charge is -2.06. The van der Waals surface area contributed by atoms with Gasteiger partial charge in [0.1, 0.15) is 6.07 Å². The molecule has 5 heteroatoms. The number of halogens is 1. The van der Waals surface area contributed by atoms with Crippen molar-refractivity contribution in [1.82, 2.24) is 0 Å². The smallest absolute Gasteiger partial charge is 0.310 e. The van der Waals surface area contributed by atoms with Crippen LogP contribution in [0.2, 0.25) is 0 Å². The van der Waals surface area contributed by atoms with Crippen LogP contribution in [0.1, 0.15) is 21.5 Å². The normalized spacial score (nSPS) is 9.31. The molecule has 0 aliphatic rings. The van der Waals surface area contributed by atoms with Gasteiger partial charge in [0.25, 0.3) is 0 Å². The number of rotatable bonds is 3. The van der Waals surface area contributed by atoms with Gasteiger partial charge in [0, 0.05) is 10.0 Å². The Morgan fingerprint density at radius 1 is 1.62 bits per heavy atom. The monoisotopic (exact) mass is 281 g/mol. The van der Waals surface area contributed by atoms with E-state index in [1.165, 1.54) is 7.11 Å². The molecule has 0 spiro atoms. The molecule has 16 heavy (non-hydrogen) atoms. The molecule has 1 rings (SSSR count). The van der Waals surface area contributed by atoms with Crippen LogP contribution in [0.5, 0.6) is 0 Å². The van der Waals surface area contributed by atoms with Gasteiger partial charge in [-0.1, -0.05) is 6.07 Å². The summed E-state index contributed by atoms with van der Waals surface area (Å²) in [6.07, 6.45) is 0.623. The maximum Gasteiger partial charge on any atom is 0.310 e. The molecule has 0 unspecified atom stereocenters. The predicted molar refractivity (Wildman–Crippen MR) is 60.0 cm³/mol. The second-order valence-electron chi connectivity index (χ2n) is 2.98. The Hall–Kier alpha value is -1.67. The standard InChI is InChI=1S/C11H8BrNO3/c1-16-10(15)4-7-2-3-8(5-13)11(12)9(7)6-14/h2-3,6H,4H2,1H3. The van der Waals surface area contributed by atoms with Crippen LogP contribution >= 0.6 is 15.9 Å². The number of benzene rings is 1. The summed E-state index contributed by atoms with van der Waals surface area (Å²) < 4.78 is 4.92. The quantitative estimate of drug-likeness (QED) is 0.626. The summed E-state index contributed by atoms with van der Waals surface area (Å²) in [5.74, 6) is -0.431. The number of carbonyl (C=O) groups is 2. The Balaban J connectivity index is 3.22. The molecule has 0 radical (unpaired) electrons. The molecule has 0 N–H and O–H groups in total. The van der Waals surface area contributed by atoms with Gasteiger partial charge in [-0.25, -0.2) is 0 Å². The van der Waals surface area contributed by atoms with E-state index in [1.54, 1.807) is 12.1 Å². The zero-order chi connectivity index (χ0) is 12.1. The first-order chi connectivity index (χ1) is 7.63. The molecule has 0 saturated heterocycles. The first-order valence-electron chi connectivity index (χ1n) is 4.37. The number of nitriles is 1. The Kier molecular flexibility index (Phi) is 4.20. The van der Waals surface area contributed by atoms with Gasteiger partial charge in [-0.2, -0.15) is 5.26 Å². The summed E-state index contributed by atoms with van der Waals surface area (Å²) in [5.41, 5.74) is 1.20. The molecule has 0 fully saturated rings. The van der Waals surface area contributed by atoms with Gasteiger partial charge in [0.15, 0.2) is 6.29 Å². The number of nitrogens with zero attached hydrogens (tertiary/aromatic N) is 1. The molecular weight excluding hydrogens is 274 g/mol. The molecule has 4 nitrogen and oxygen atoms in total. The average molecular weight is 282 g/mol. The largest absolute Gasteiger partial charge is 0.469 e. The lowest BCUT2D eigenvalue weighted by Crippen LogP contribution is -2.07. The highest BCUT2D eigenvalue weighted by molar-refractivity contribution is 9.10. The molecule has 0 heterocycles. The lowest BCUT2D eigenvalue weighted by atomic mass is 10.0. The molecular formula is C11H8BrNO3. The van der Waals surface area contributed by atoms with E-state index in [4.69, 9.17) is 5.26 Å². The third kappa shape index (κ3) is 2.47. The van der Waals surface area contributed by atoms with E-state index in [1.807, 2.05) is 6.07 Å². The minimum atomic E-state index is -0.431. The van der Waals surface area contributed by atoms with E-state index in [-0.39, 0.29) is 6.42 Å². The third-order valence-electron chi connectivity index (χ3n) is 2.07. The number of hydrogen-bond acceptors (Lipinski definition) is 4. The van der Waals surface area contributed by atoms with Gasteiger partial charge in [-0.05, 0) is 27.6 Å². The molecule has 0 atom stereocenters. The molecule has 0 saturated carbocycles. The number of esters is 1. The third-order valence-corrected chi connectivity index (χ3v) is 2.93. The van der Waals surface area contributed by atoms with E-state index in [0.717, 1.165) is 0 Å². The summed E-state index contributed by atoms with van der Waals surface area (Å²) in [5, 5.41) is 8.77. The number of aldehydes is 1. The van der Waals surface area contributed by atoms with Crippen LogP contribution in [0.3, 0.4) is 0 Å². The minimum absolute atomic E-state index is 0.00881. The SMILES string of the molecule is COC(=O)Cc1ccc(C#N)c(Br)c1C=O. The Labute approximate surface area is 101 Å². The zero-order valence-corrected chi connectivity index (χ0v) is 10.1. The lowest BCUT2D eigenvalue weighted by molar-refractivity contribution is -0.139. The van der Waals surface area contributed by atoms with Crippen molar-refractivity contribution < 1.29 is 14.3 Å². The van der Waals surface area contributed by atoms with Crippen molar-refractivity contribution in [2.24, 2.45) is 0 Å². The summed E-state index contributed by atoms with van der Waals surface area (Å²) in [6, 6.07) is 5.07. The van der Waals surface area contributed by atoms with E-state index in [0.29, 0.717) is 27.4 Å². The second kappa shape index (κ2) is 5.42. The second-order valence-corrected chi connectivity index (χ2v) is 3.78. The van der Waals surface area contributed by atoms with Gasteiger partial charge in [0.05, 0.1) is 19.1 Å². The molecule has 0 bridgehead atoms. The first kappa shape index (κ1) is 12.4. The Morgan fingerprint density at radius 3 is 2.81 bits per heavy atom. The van der Waals surface area contributed by atoms with Crippen molar-refractivity contribution in [3.8, 4) is 6.07 Å². The Morgan fingerprint density at radius 2 is 2.31 bits per heavy atom. The molecule has 0 amide bonds. The van der Waals surface area contributed by atoms with Crippen LogP contribution in [0.4, 0.5) is 0 Å². The average Bonchev–Trinajstić information content (AvgIpc) is 2.29. The van der Waals surface area contributed by atoms with E-state index >= 15 is 0 Å². The summed E-state index contributed by atoms with van der Waals surface area (Å²) in [7, 11) is 1.28. The molecule has 82 valence electrons. The van der Waals surface area contributed by atoms with E-state index in [2.05, 4.69) is 20.7 Å². The number of ether oxygens (including phenoxy) is 1. The fourth-order valence-electron chi connectivity index (χ4n) is 1.23. The maximum absolute atomic E-state index is 11.1. The van der Waals surface area contributed by atoms with Crippen molar-refractivity contribution in [2.75, 3.05) is 7.11 Å². The van der Waals surface area contributed by atoms with Crippen molar-refractivity contribution in [3.63, 3.8) is 0 Å². The predicted octanol–water partition coefficient (Wildman–Crippen LogP) is 1.85. The van der Waals surface area contributed by atoms with Gasteiger partial charge in [0.2, 0.25) is 0 Å². The van der Waals surface area contributed by atoms with E-state index < -0.39 is 5.97 Å². The summed E-state index contributed by atoms with van der Waals surface area (Å²) >= 11 is 3.16. The van der Waals surface area contributed by atoms with Gasteiger partial charge in [-0.15, -0.1) is 0 Å². The molecule has 0 aliphatic heterocycles. The van der Waals surface area contributed by atoms with Crippen LogP contribution < -0.4 is 0 Å². The zero-order valence-electron chi connectivity index (χ0n) is 8.49. The Bertz CT molecular complexity index is 477. The van der Waals surface area contributed by atoms with Crippen molar-refractivity contribution in [2.45, 2.75) is 6.42 Å². The maximum atomic E-state index is 11.1. The summed E-state index contributed by atoms with van der Waals surface area (Å²) in [6.45, 7) is 0. The fourth-order valence-corrected chi connectivity index (χ4v) is 1.80. The highest BCUT2D eigenvalue weighted by atomic mass is 79.9. The molecule has 1 aromatic carbocycles. The highest BCUT2D eigenvalue weighted by Crippen LogP contribution is 2.24. The van der Waals surface area contributed by atoms with Crippen LogP contribution in [-0.4, -0.2) is 19.4 Å². The molecule has 1 aromatic rings. The van der Waals surface area contributed by atoms with Crippen LogP contribution in [0.25, 0.3) is 0 Å². The van der Waals surface area contributed by atoms with E-state index in [9.17, 15) is 9.59 Å². The highest BCUT2D eigenvalue weighted by Gasteiger charge is 2.13. The van der Waals surface area contributed by atoms with Crippen LogP contribution in [0.15, 0.2) is 16.6 Å². The molecule has 0 aliphatic carbocycles. The number of methoxy groups -OCH3 is 1. The van der Waals surface area contributed by atoms with Crippen LogP contribution in [-0.2, 0) is 16.0 Å². The van der Waals surface area contributed by atoms with Gasteiger partial charge < -0.3 is 4.74 Å². The van der Waals surface area contributed by atoms with Crippen molar-refractivity contribution in [3.05, 3.63) is 33.3 Å². The minimum Gasteiger partial charge on any atom is -0.469 e. The topological polar surface area (TPSA) is 67.2 Å². The first-order valence-corrected chi connectivity index (χ1v) is 5.16. The van der Waals surface area contributed by atoms with Gasteiger partial charge >= 0.3 is 5.97 Å². The van der Waals surface area contributed by atoms with Crippen molar-refractivity contribution in [1.29, 1.82) is 5.26 Å². The number of carbonyl (C=O) groups excluding carboxylic acids is 2. The summed E-state index contributed by atoms with van der Waals surface area (Å²) in [4.78, 5) is 22.0. The fraction of sp³-hybridized carbons (Fsp3) is 0.182. The van der Waals surface area contributed by atoms with Crippen LogP contribution in [0, 0.1) is 11.3 Å². The van der Waals surface area contributed by atoms with Crippen molar-refractivity contribution >= 4 is 28.2 Å². The molecule has 0 aromatic heterocycles. The number of hydrogen-bond donors (Lipinski definition) is 0. The van der Waals surface area contributed by atoms with Gasteiger partial charge in [-0.3, -0.25) is 9.59 Å².